The molecule has 3 aromatic carbocycles. The maximum Gasteiger partial charge on any atom is 0.257 e. The van der Waals surface area contributed by atoms with Crippen molar-refractivity contribution in [3.63, 3.8) is 0 Å². The molecule has 0 spiro atoms. The molecule has 0 radical (unpaired) electrons. The molecule has 0 aliphatic carbocycles. The number of piperidine rings is 2. The van der Waals surface area contributed by atoms with E-state index in [1.807, 2.05) is 0 Å². The van der Waals surface area contributed by atoms with Gasteiger partial charge in [-0.25, -0.2) is 13.4 Å². The summed E-state index contributed by atoms with van der Waals surface area (Å²) < 4.78 is 39.0. The van der Waals surface area contributed by atoms with Gasteiger partial charge in [0.25, 0.3) is 11.8 Å². The molecule has 5 aromatic rings. The molecule has 5 N–H and O–H groups in total. The number of benzene rings is 3. The first-order valence-corrected chi connectivity index (χ1v) is 27.4. The molecule has 0 saturated carbocycles. The number of nitrogens with one attached hydrogen (secondary N) is 5. The van der Waals surface area contributed by atoms with Gasteiger partial charge in [0.2, 0.25) is 27.8 Å². The molecule has 74 heavy (non-hydrogen) atoms. The highest BCUT2D eigenvalue weighted by Crippen LogP contribution is 2.39. The second-order valence-corrected chi connectivity index (χ2v) is 21.1. The van der Waals surface area contributed by atoms with Crippen LogP contribution < -0.4 is 40.4 Å². The number of amides is 4. The Kier molecular flexibility index (Phi) is 16.2. The van der Waals surface area contributed by atoms with Gasteiger partial charge in [0.05, 0.1) is 48.7 Å². The monoisotopic (exact) mass is 1050 g/mol. The largest absolute Gasteiger partial charge is 0.494 e. The average Bonchev–Trinajstić information content (AvgIpc) is 3.74. The van der Waals surface area contributed by atoms with Gasteiger partial charge in [-0.1, -0.05) is 31.0 Å². The van der Waals surface area contributed by atoms with Gasteiger partial charge in [-0.2, -0.15) is 4.98 Å². The van der Waals surface area contributed by atoms with Crippen LogP contribution in [0.25, 0.3) is 11.0 Å². The third kappa shape index (κ3) is 12.2. The van der Waals surface area contributed by atoms with E-state index < -0.39 is 22.0 Å². The number of halogens is 1. The number of imide groups is 1. The summed E-state index contributed by atoms with van der Waals surface area (Å²) in [5, 5.41) is 12.0. The van der Waals surface area contributed by atoms with Crippen LogP contribution in [0.2, 0.25) is 5.02 Å². The van der Waals surface area contributed by atoms with Crippen LogP contribution in [0.1, 0.15) is 73.4 Å². The fraction of sp³-hybridized carbons (Fsp3) is 0.451. The second kappa shape index (κ2) is 23.1. The predicted molar refractivity (Wildman–Crippen MR) is 282 cm³/mol. The first-order chi connectivity index (χ1) is 35.7. The zero-order valence-corrected chi connectivity index (χ0v) is 43.4. The van der Waals surface area contributed by atoms with E-state index in [1.165, 1.54) is 23.5 Å². The van der Waals surface area contributed by atoms with Gasteiger partial charge in [-0.3, -0.25) is 44.1 Å². The third-order valence-corrected chi connectivity index (χ3v) is 14.9. The highest BCUT2D eigenvalue weighted by molar-refractivity contribution is 7.92. The highest BCUT2D eigenvalue weighted by atomic mass is 35.5. The number of ether oxygens (including phenoxy) is 2. The zero-order valence-electron chi connectivity index (χ0n) is 41.8. The van der Waals surface area contributed by atoms with Crippen molar-refractivity contribution in [2.24, 2.45) is 0 Å². The lowest BCUT2D eigenvalue weighted by Gasteiger charge is -2.43. The average molecular weight is 1050 g/mol. The number of carbonyl (C=O) groups is 4. The summed E-state index contributed by atoms with van der Waals surface area (Å²) in [6.45, 7) is 9.75. The highest BCUT2D eigenvalue weighted by Gasteiger charge is 2.40. The van der Waals surface area contributed by atoms with Crippen molar-refractivity contribution in [3.05, 3.63) is 82.8 Å². The van der Waals surface area contributed by atoms with Crippen molar-refractivity contribution in [1.29, 1.82) is 0 Å². The molecular formula is C51H62ClN13O8S. The summed E-state index contributed by atoms with van der Waals surface area (Å²) in [5.41, 5.74) is 5.54. The molecule has 4 amide bonds. The van der Waals surface area contributed by atoms with Gasteiger partial charge in [0.15, 0.2) is 12.4 Å². The van der Waals surface area contributed by atoms with Gasteiger partial charge in [0.1, 0.15) is 28.1 Å². The molecular weight excluding hydrogens is 990 g/mol. The van der Waals surface area contributed by atoms with Crippen molar-refractivity contribution < 1.29 is 37.1 Å². The number of nitrogens with zero attached hydrogens (tertiary/aromatic N) is 8. The number of carbonyl (C=O) groups excluding carboxylic acids is 4. The number of fused-ring (bicyclic) bond motifs is 2. The molecule has 3 fully saturated rings. The number of methoxy groups -OCH3 is 1. The number of anilines is 6. The van der Waals surface area contributed by atoms with E-state index in [0.29, 0.717) is 57.6 Å². The maximum absolute atomic E-state index is 13.1. The Morgan fingerprint density at radius 3 is 2.46 bits per heavy atom. The number of sulfonamides is 1. The van der Waals surface area contributed by atoms with Gasteiger partial charge in [-0.05, 0) is 81.0 Å². The van der Waals surface area contributed by atoms with Crippen LogP contribution in [0.3, 0.4) is 0 Å². The topological polar surface area (TPSA) is 246 Å². The fourth-order valence-corrected chi connectivity index (χ4v) is 10.9. The molecule has 21 nitrogen and oxygen atoms in total. The van der Waals surface area contributed by atoms with Crippen LogP contribution in [0, 0.1) is 0 Å². The number of aromatic nitrogens is 4. The summed E-state index contributed by atoms with van der Waals surface area (Å²) in [5.74, 6) is 0.255. The molecule has 392 valence electrons. The van der Waals surface area contributed by atoms with E-state index in [1.54, 1.807) is 37.4 Å². The van der Waals surface area contributed by atoms with E-state index >= 15 is 0 Å². The standard InChI is InChI=1S/C51H62ClN13O8S/c1-4-32-27-39(58-51-56-29-36(52)48(60-51)57-38-12-11-37-46(55-19-18-53-37)47(38)61-74(3,70)71)43(72-2)28-41(32)64-21-15-33(16-22-64)63-25-23-62(24-26-63)20-7-5-6-17-54-45(67)31-73-42-10-8-9-34-35(42)30-65(50(34)69)40-13-14-44(66)59-49(40)68/h8-12,18-19,27-29,33,40,61H,4-7,13-17,20-26,30-31H2,1-3H3,(H,54,67)(H,59,66,68)(H2,56,57,58,60). The van der Waals surface area contributed by atoms with Crippen LogP contribution in [-0.2, 0) is 37.4 Å². The van der Waals surface area contributed by atoms with Crippen LogP contribution in [0.15, 0.2) is 61.1 Å². The molecule has 1 unspecified atom stereocenters. The number of aryl methyl sites for hydroxylation is 1. The maximum atomic E-state index is 13.1. The molecule has 23 heteroatoms. The molecule has 6 heterocycles. The van der Waals surface area contributed by atoms with E-state index in [-0.39, 0.29) is 66.2 Å². The summed E-state index contributed by atoms with van der Waals surface area (Å²) in [6, 6.07) is 12.5. The van der Waals surface area contributed by atoms with Crippen molar-refractivity contribution in [2.45, 2.75) is 76.9 Å². The smallest absolute Gasteiger partial charge is 0.257 e. The van der Waals surface area contributed by atoms with Crippen LogP contribution in [0.5, 0.6) is 11.5 Å². The van der Waals surface area contributed by atoms with Gasteiger partial charge < -0.3 is 40.1 Å². The first kappa shape index (κ1) is 52.0. The molecule has 9 rings (SSSR count). The van der Waals surface area contributed by atoms with E-state index in [9.17, 15) is 27.6 Å². The van der Waals surface area contributed by atoms with Crippen molar-refractivity contribution in [3.8, 4) is 11.5 Å². The normalized spacial score (nSPS) is 17.8. The lowest BCUT2D eigenvalue weighted by atomic mass is 9.99. The Labute approximate surface area is 435 Å². The van der Waals surface area contributed by atoms with Crippen molar-refractivity contribution in [1.82, 2.24) is 45.3 Å². The minimum atomic E-state index is -3.68. The number of unbranched alkanes of at least 4 members (excludes halogenated alkanes) is 2. The quantitative estimate of drug-likeness (QED) is 0.0496. The molecule has 2 aromatic heterocycles. The van der Waals surface area contributed by atoms with Crippen LogP contribution in [0.4, 0.5) is 34.5 Å². The summed E-state index contributed by atoms with van der Waals surface area (Å²) in [6.07, 6.45) is 11.9. The molecule has 1 atom stereocenters. The number of piperazine rings is 1. The van der Waals surface area contributed by atoms with E-state index in [2.05, 4.69) is 79.7 Å². The Morgan fingerprint density at radius 2 is 1.70 bits per heavy atom. The predicted octanol–water partition coefficient (Wildman–Crippen LogP) is 5.22. The second-order valence-electron chi connectivity index (χ2n) is 18.9. The van der Waals surface area contributed by atoms with Crippen molar-refractivity contribution in [2.75, 3.05) is 92.6 Å². The molecule has 0 bridgehead atoms. The lowest BCUT2D eigenvalue weighted by Crippen LogP contribution is -2.53. The van der Waals surface area contributed by atoms with Gasteiger partial charge >= 0.3 is 0 Å². The van der Waals surface area contributed by atoms with E-state index in [4.69, 9.17) is 21.1 Å². The SMILES string of the molecule is CCc1cc(Nc2ncc(Cl)c(Nc3ccc4nccnc4c3NS(C)(=O)=O)n2)c(OC)cc1N1CCC(N2CCN(CCCCCNC(=O)COc3cccc4c3CN(C3CCC(=O)NC3=O)C4=O)CC2)CC1. The molecule has 4 aliphatic heterocycles. The van der Waals surface area contributed by atoms with Gasteiger partial charge in [-0.15, -0.1) is 0 Å². The Balaban J connectivity index is 0.696. The summed E-state index contributed by atoms with van der Waals surface area (Å²) in [4.78, 5) is 76.8. The molecule has 3 saturated heterocycles. The Hall–Kier alpha value is -6.88. The van der Waals surface area contributed by atoms with Crippen LogP contribution >= 0.6 is 11.6 Å². The zero-order chi connectivity index (χ0) is 51.9. The third-order valence-electron chi connectivity index (χ3n) is 14.1. The molecule has 4 aliphatic rings. The summed E-state index contributed by atoms with van der Waals surface area (Å²) in [7, 11) is -2.04. The number of hydrogen-bond donors (Lipinski definition) is 5. The minimum absolute atomic E-state index is 0.178. The number of rotatable bonds is 20. The minimum Gasteiger partial charge on any atom is -0.494 e. The fourth-order valence-electron chi connectivity index (χ4n) is 10.2. The Bertz CT molecular complexity index is 3020. The summed E-state index contributed by atoms with van der Waals surface area (Å²) >= 11 is 6.57. The van der Waals surface area contributed by atoms with Crippen molar-refractivity contribution >= 4 is 90.8 Å². The number of hydrogen-bond acceptors (Lipinski definition) is 17. The lowest BCUT2D eigenvalue weighted by molar-refractivity contribution is -0.137. The Morgan fingerprint density at radius 1 is 0.905 bits per heavy atom. The first-order valence-electron chi connectivity index (χ1n) is 25.1. The van der Waals surface area contributed by atoms with E-state index in [0.717, 1.165) is 102 Å². The van der Waals surface area contributed by atoms with Crippen LogP contribution in [-0.4, -0.2) is 151 Å². The van der Waals surface area contributed by atoms with Gasteiger partial charge in [0, 0.05) is 93.6 Å².